The van der Waals surface area contributed by atoms with E-state index in [0.29, 0.717) is 28.9 Å². The molecule has 0 aliphatic rings. The van der Waals surface area contributed by atoms with Crippen molar-refractivity contribution in [3.05, 3.63) is 87.9 Å². The van der Waals surface area contributed by atoms with Crippen molar-refractivity contribution >= 4 is 17.0 Å². The van der Waals surface area contributed by atoms with Crippen LogP contribution in [0.1, 0.15) is 18.1 Å². The fourth-order valence-electron chi connectivity index (χ4n) is 3.19. The molecule has 0 radical (unpaired) electrons. The average molecular weight is 461 g/mol. The van der Waals surface area contributed by atoms with Crippen molar-refractivity contribution in [2.45, 2.75) is 13.3 Å². The first kappa shape index (κ1) is 23.4. The number of aryl methyl sites for hydroxylation is 1. The van der Waals surface area contributed by atoms with Gasteiger partial charge in [0.2, 0.25) is 10.9 Å². The first-order valence-corrected chi connectivity index (χ1v) is 10.9. The monoisotopic (exact) mass is 460 g/mol. The van der Waals surface area contributed by atoms with E-state index < -0.39 is 22.5 Å². The minimum Gasteiger partial charge on any atom is -0.454 e. The number of pyridine rings is 1. The molecule has 0 saturated carbocycles. The third-order valence-corrected chi connectivity index (χ3v) is 5.19. The largest absolute Gasteiger partial charge is 0.454 e. The molecule has 0 saturated heterocycles. The topological polar surface area (TPSA) is 77.4 Å². The van der Waals surface area contributed by atoms with E-state index in [1.54, 1.807) is 43.6 Å². The highest BCUT2D eigenvalue weighted by atomic mass is 32.2. The van der Waals surface area contributed by atoms with Crippen LogP contribution in [0.3, 0.4) is 0 Å². The maximum atomic E-state index is 14.2. The Morgan fingerprint density at radius 3 is 2.50 bits per heavy atom. The van der Waals surface area contributed by atoms with E-state index in [-0.39, 0.29) is 17.9 Å². The molecule has 0 unspecified atom stereocenters. The van der Waals surface area contributed by atoms with Gasteiger partial charge in [0.15, 0.2) is 11.6 Å². The van der Waals surface area contributed by atoms with Crippen LogP contribution in [0.25, 0.3) is 17.2 Å². The molecular formula is C23H22F2N2O4S. The lowest BCUT2D eigenvalue weighted by Crippen LogP contribution is -2.16. The molecule has 6 nitrogen and oxygen atoms in total. The van der Waals surface area contributed by atoms with Crippen LogP contribution < -0.4 is 15.0 Å². The second-order valence-corrected chi connectivity index (χ2v) is 7.84. The number of hydrogen-bond donors (Lipinski definition) is 2. The molecule has 0 bridgehead atoms. The summed E-state index contributed by atoms with van der Waals surface area (Å²) in [6.07, 6.45) is 5.62. The number of hydrogen-bond acceptors (Lipinski definition) is 4. The summed E-state index contributed by atoms with van der Waals surface area (Å²) in [5, 5.41) is 0. The first-order chi connectivity index (χ1) is 15.3. The summed E-state index contributed by atoms with van der Waals surface area (Å²) >= 11 is 0. The summed E-state index contributed by atoms with van der Waals surface area (Å²) in [6, 6.07) is 9.67. The van der Waals surface area contributed by atoms with Gasteiger partial charge in [0.1, 0.15) is 11.6 Å². The fourth-order valence-corrected chi connectivity index (χ4v) is 3.48. The highest BCUT2D eigenvalue weighted by Crippen LogP contribution is 2.37. The number of thiol groups is 1. The van der Waals surface area contributed by atoms with Gasteiger partial charge in [0.05, 0.1) is 0 Å². The highest BCUT2D eigenvalue weighted by Gasteiger charge is 2.15. The third kappa shape index (κ3) is 5.68. The number of halogens is 2. The van der Waals surface area contributed by atoms with Crippen LogP contribution in [0.2, 0.25) is 0 Å². The molecule has 9 heteroatoms. The zero-order valence-corrected chi connectivity index (χ0v) is 18.4. The Hall–Kier alpha value is -3.30. The number of rotatable bonds is 8. The number of benzene rings is 2. The van der Waals surface area contributed by atoms with Gasteiger partial charge >= 0.3 is 0 Å². The zero-order chi connectivity index (χ0) is 23.3. The summed E-state index contributed by atoms with van der Waals surface area (Å²) in [6.45, 7) is 2.03. The molecule has 0 aliphatic heterocycles. The summed E-state index contributed by atoms with van der Waals surface area (Å²) in [5.74, 6) is -1.42. The van der Waals surface area contributed by atoms with Crippen molar-refractivity contribution in [2.75, 3.05) is 6.54 Å². The van der Waals surface area contributed by atoms with Gasteiger partial charge < -0.3 is 9.30 Å². The quantitative estimate of drug-likeness (QED) is 0.501. The molecule has 0 aliphatic carbocycles. The second kappa shape index (κ2) is 10.3. The van der Waals surface area contributed by atoms with E-state index in [9.17, 15) is 22.0 Å². The van der Waals surface area contributed by atoms with Crippen molar-refractivity contribution in [3.8, 4) is 22.6 Å². The zero-order valence-electron chi connectivity index (χ0n) is 17.5. The molecule has 1 aromatic heterocycles. The molecule has 1 heterocycles. The third-order valence-electron chi connectivity index (χ3n) is 4.71. The lowest BCUT2D eigenvalue weighted by atomic mass is 9.97. The Balaban J connectivity index is 2.13. The molecule has 0 amide bonds. The van der Waals surface area contributed by atoms with E-state index in [0.717, 1.165) is 17.7 Å². The van der Waals surface area contributed by atoms with Gasteiger partial charge in [-0.3, -0.25) is 4.79 Å². The van der Waals surface area contributed by atoms with Gasteiger partial charge in [-0.05, 0) is 48.7 Å². The molecule has 3 aromatic rings. The van der Waals surface area contributed by atoms with E-state index in [4.69, 9.17) is 4.74 Å². The van der Waals surface area contributed by atoms with Gasteiger partial charge in [-0.15, -0.1) is 0 Å². The van der Waals surface area contributed by atoms with Gasteiger partial charge in [0.25, 0.3) is 5.56 Å². The number of nitrogens with zero attached hydrogens (tertiary/aromatic N) is 1. The van der Waals surface area contributed by atoms with Crippen molar-refractivity contribution in [1.82, 2.24) is 9.29 Å². The predicted octanol–water partition coefficient (Wildman–Crippen LogP) is 3.81. The molecule has 0 spiro atoms. The maximum absolute atomic E-state index is 14.2. The van der Waals surface area contributed by atoms with E-state index in [2.05, 4.69) is 4.72 Å². The molecule has 1 N–H and O–H groups in total. The fraction of sp³-hybridized carbons (Fsp3) is 0.174. The number of nitrogens with one attached hydrogen (secondary N) is 1. The van der Waals surface area contributed by atoms with Crippen LogP contribution in [0.5, 0.6) is 11.5 Å². The van der Waals surface area contributed by atoms with E-state index >= 15 is 0 Å². The van der Waals surface area contributed by atoms with Crippen LogP contribution in [0.15, 0.2) is 59.5 Å². The van der Waals surface area contributed by atoms with Crippen molar-refractivity contribution in [3.63, 3.8) is 0 Å². The van der Waals surface area contributed by atoms with Gasteiger partial charge in [-0.1, -0.05) is 18.2 Å². The van der Waals surface area contributed by atoms with Crippen molar-refractivity contribution in [2.24, 2.45) is 7.05 Å². The summed E-state index contributed by atoms with van der Waals surface area (Å²) in [7, 11) is -1.09. The minimum atomic E-state index is -2.71. The van der Waals surface area contributed by atoms with Crippen LogP contribution >= 0.6 is 0 Å². The highest BCUT2D eigenvalue weighted by molar-refractivity contribution is 7.70. The smallest absolute Gasteiger partial charge is 0.250 e. The molecule has 0 atom stereocenters. The number of ether oxygens (including phenoxy) is 1. The molecule has 2 aromatic carbocycles. The Bertz CT molecular complexity index is 1290. The lowest BCUT2D eigenvalue weighted by molar-refractivity contribution is 0.439. The standard InChI is InChI=1S/C23H22F2N2O4S/c1-3-4-16-12-23(28)27(2)14-19(16)18-11-15(9-10-26-32(29)30)5-7-21(18)31-22-8-6-17(24)13-20(22)25/h3-8,11-14,32H,9-10H2,1-2H3,(H,26,29,30)/b4-3+. The van der Waals surface area contributed by atoms with Crippen LogP contribution in [0.4, 0.5) is 8.78 Å². The molecule has 0 fully saturated rings. The lowest BCUT2D eigenvalue weighted by Gasteiger charge is -2.16. The Labute approximate surface area is 185 Å². The first-order valence-electron chi connectivity index (χ1n) is 9.76. The van der Waals surface area contributed by atoms with Crippen LogP contribution in [0, 0.1) is 11.6 Å². The van der Waals surface area contributed by atoms with Gasteiger partial charge in [0, 0.05) is 43.0 Å². The maximum Gasteiger partial charge on any atom is 0.250 e. The second-order valence-electron chi connectivity index (χ2n) is 7.01. The van der Waals surface area contributed by atoms with E-state index in [1.165, 1.54) is 16.7 Å². The number of aromatic nitrogens is 1. The SMILES string of the molecule is C/C=C/c1cc(=O)n(C)cc1-c1cc(CCN[SH](=O)=O)ccc1Oc1ccc(F)cc1F. The van der Waals surface area contributed by atoms with Crippen LogP contribution in [-0.2, 0) is 24.4 Å². The summed E-state index contributed by atoms with van der Waals surface area (Å²) in [4.78, 5) is 12.2. The molecule has 168 valence electrons. The Morgan fingerprint density at radius 2 is 1.81 bits per heavy atom. The van der Waals surface area contributed by atoms with Crippen LogP contribution in [-0.4, -0.2) is 19.5 Å². The number of allylic oxidation sites excluding steroid dienone is 1. The average Bonchev–Trinajstić information content (AvgIpc) is 2.73. The van der Waals surface area contributed by atoms with Crippen molar-refractivity contribution in [1.29, 1.82) is 0 Å². The molecular weight excluding hydrogens is 438 g/mol. The van der Waals surface area contributed by atoms with Crippen molar-refractivity contribution < 1.29 is 21.9 Å². The normalized spacial score (nSPS) is 11.4. The van der Waals surface area contributed by atoms with Gasteiger partial charge in [-0.25, -0.2) is 21.9 Å². The van der Waals surface area contributed by atoms with E-state index in [1.807, 2.05) is 6.92 Å². The predicted molar refractivity (Wildman–Crippen MR) is 120 cm³/mol. The Morgan fingerprint density at radius 1 is 1.06 bits per heavy atom. The molecule has 3 rings (SSSR count). The Kier molecular flexibility index (Phi) is 7.55. The summed E-state index contributed by atoms with van der Waals surface area (Å²) in [5.41, 5.74) is 2.47. The van der Waals surface area contributed by atoms with Gasteiger partial charge in [-0.2, -0.15) is 0 Å². The summed E-state index contributed by atoms with van der Waals surface area (Å²) < 4.78 is 58.6. The molecule has 32 heavy (non-hydrogen) atoms. The minimum absolute atomic E-state index is 0.150.